The van der Waals surface area contributed by atoms with Crippen LogP contribution in [0.2, 0.25) is 0 Å². The van der Waals surface area contributed by atoms with Crippen LogP contribution in [-0.4, -0.2) is 17.4 Å². The second-order valence-corrected chi connectivity index (χ2v) is 5.98. The minimum absolute atomic E-state index is 0.208. The predicted molar refractivity (Wildman–Crippen MR) is 87.0 cm³/mol. The van der Waals surface area contributed by atoms with Crippen molar-refractivity contribution in [2.75, 3.05) is 6.54 Å². The Morgan fingerprint density at radius 3 is 2.82 bits per heavy atom. The van der Waals surface area contributed by atoms with E-state index >= 15 is 0 Å². The molecule has 0 aliphatic heterocycles. The smallest absolute Gasteiger partial charge is 0.273 e. The van der Waals surface area contributed by atoms with Gasteiger partial charge in [-0.3, -0.25) is 4.79 Å². The Kier molecular flexibility index (Phi) is 4.34. The number of thiophene rings is 1. The molecule has 3 rings (SSSR count). The minimum Gasteiger partial charge on any atom is -0.442 e. The van der Waals surface area contributed by atoms with Gasteiger partial charge in [-0.25, -0.2) is 4.98 Å². The molecule has 0 saturated carbocycles. The summed E-state index contributed by atoms with van der Waals surface area (Å²) in [4.78, 5) is 17.3. The summed E-state index contributed by atoms with van der Waals surface area (Å²) in [6.45, 7) is 2.64. The lowest BCUT2D eigenvalue weighted by molar-refractivity contribution is 0.0947. The molecule has 0 spiro atoms. The fraction of sp³-hybridized carbons (Fsp3) is 0.176. The molecule has 0 bridgehead atoms. The van der Waals surface area contributed by atoms with Crippen LogP contribution in [0.4, 0.5) is 0 Å². The molecule has 22 heavy (non-hydrogen) atoms. The van der Waals surface area contributed by atoms with E-state index < -0.39 is 0 Å². The molecule has 2 heterocycles. The molecule has 1 aromatic carbocycles. The Morgan fingerprint density at radius 2 is 2.09 bits per heavy atom. The van der Waals surface area contributed by atoms with Gasteiger partial charge in [0.2, 0.25) is 0 Å². The maximum atomic E-state index is 12.3. The second-order valence-electron chi connectivity index (χ2n) is 5.03. The van der Waals surface area contributed by atoms with Crippen LogP contribution in [0.15, 0.2) is 58.7 Å². The monoisotopic (exact) mass is 312 g/mol. The molecule has 0 aliphatic rings. The van der Waals surface area contributed by atoms with Crippen LogP contribution >= 0.6 is 11.3 Å². The lowest BCUT2D eigenvalue weighted by Crippen LogP contribution is -2.28. The zero-order valence-electron chi connectivity index (χ0n) is 12.2. The number of carbonyl (C=O) groups is 1. The van der Waals surface area contributed by atoms with E-state index in [4.69, 9.17) is 4.42 Å². The standard InChI is InChI=1S/C17H16N2O2S/c1-12(13-6-3-2-4-7-13)10-18-17(20)15-16(21-11-19-15)14-8-5-9-22-14/h2-9,11-12H,10H2,1H3,(H,18,20)/t12-/m0/s1. The summed E-state index contributed by atoms with van der Waals surface area (Å²) < 4.78 is 5.36. The van der Waals surface area contributed by atoms with Crippen LogP contribution in [-0.2, 0) is 0 Å². The average Bonchev–Trinajstić information content (AvgIpc) is 3.23. The van der Waals surface area contributed by atoms with Crippen molar-refractivity contribution in [1.29, 1.82) is 0 Å². The van der Waals surface area contributed by atoms with Crippen molar-refractivity contribution in [2.24, 2.45) is 0 Å². The summed E-state index contributed by atoms with van der Waals surface area (Å²) in [6, 6.07) is 13.9. The first-order valence-electron chi connectivity index (χ1n) is 7.06. The Hall–Kier alpha value is -2.40. The Labute approximate surface area is 132 Å². The van der Waals surface area contributed by atoms with Crippen molar-refractivity contribution in [3.63, 3.8) is 0 Å². The highest BCUT2D eigenvalue weighted by atomic mass is 32.1. The van der Waals surface area contributed by atoms with E-state index in [-0.39, 0.29) is 11.8 Å². The number of benzene rings is 1. The van der Waals surface area contributed by atoms with E-state index in [0.717, 1.165) is 4.88 Å². The third-order valence-corrected chi connectivity index (χ3v) is 4.33. The summed E-state index contributed by atoms with van der Waals surface area (Å²) in [7, 11) is 0. The average molecular weight is 312 g/mol. The molecule has 0 saturated heterocycles. The van der Waals surface area contributed by atoms with Crippen molar-refractivity contribution >= 4 is 17.2 Å². The van der Waals surface area contributed by atoms with Crippen molar-refractivity contribution in [3.8, 4) is 10.6 Å². The first-order valence-corrected chi connectivity index (χ1v) is 7.94. The summed E-state index contributed by atoms with van der Waals surface area (Å²) in [6.07, 6.45) is 1.31. The van der Waals surface area contributed by atoms with Crippen LogP contribution in [0, 0.1) is 0 Å². The zero-order valence-corrected chi connectivity index (χ0v) is 13.0. The van der Waals surface area contributed by atoms with Crippen LogP contribution < -0.4 is 5.32 Å². The molecule has 0 aliphatic carbocycles. The van der Waals surface area contributed by atoms with Gasteiger partial charge in [0.05, 0.1) is 4.88 Å². The number of oxazole rings is 1. The first-order chi connectivity index (χ1) is 10.8. The van der Waals surface area contributed by atoms with Gasteiger partial charge in [-0.05, 0) is 22.9 Å². The summed E-state index contributed by atoms with van der Waals surface area (Å²) in [5.41, 5.74) is 1.53. The lowest BCUT2D eigenvalue weighted by atomic mass is 10.0. The number of amides is 1. The molecule has 4 nitrogen and oxygen atoms in total. The van der Waals surface area contributed by atoms with Gasteiger partial charge in [0.1, 0.15) is 0 Å². The number of rotatable bonds is 5. The van der Waals surface area contributed by atoms with E-state index in [1.165, 1.54) is 23.3 Å². The first kappa shape index (κ1) is 14.5. The molecular weight excluding hydrogens is 296 g/mol. The highest BCUT2D eigenvalue weighted by Crippen LogP contribution is 2.27. The van der Waals surface area contributed by atoms with Crippen LogP contribution in [0.25, 0.3) is 10.6 Å². The number of hydrogen-bond donors (Lipinski definition) is 1. The van der Waals surface area contributed by atoms with Crippen LogP contribution in [0.1, 0.15) is 28.9 Å². The molecule has 3 aromatic rings. The third kappa shape index (κ3) is 3.09. The van der Waals surface area contributed by atoms with Crippen molar-refractivity contribution < 1.29 is 9.21 Å². The molecule has 2 aromatic heterocycles. The minimum atomic E-state index is -0.208. The molecule has 1 N–H and O–H groups in total. The molecule has 5 heteroatoms. The summed E-state index contributed by atoms with van der Waals surface area (Å²) >= 11 is 1.52. The Balaban J connectivity index is 1.67. The van der Waals surface area contributed by atoms with Crippen LogP contribution in [0.5, 0.6) is 0 Å². The summed E-state index contributed by atoms with van der Waals surface area (Å²) in [5, 5.41) is 4.87. The lowest BCUT2D eigenvalue weighted by Gasteiger charge is -2.12. The molecule has 1 atom stereocenters. The Bertz CT molecular complexity index is 735. The molecule has 1 amide bonds. The summed E-state index contributed by atoms with van der Waals surface area (Å²) in [5.74, 6) is 0.557. The molecule has 0 unspecified atom stereocenters. The molecule has 112 valence electrons. The van der Waals surface area contributed by atoms with Gasteiger partial charge in [0, 0.05) is 6.54 Å². The van der Waals surface area contributed by atoms with E-state index in [0.29, 0.717) is 18.0 Å². The van der Waals surface area contributed by atoms with E-state index in [1.54, 1.807) is 0 Å². The number of nitrogens with one attached hydrogen (secondary N) is 1. The van der Waals surface area contributed by atoms with Crippen molar-refractivity contribution in [3.05, 3.63) is 65.5 Å². The topological polar surface area (TPSA) is 55.1 Å². The van der Waals surface area contributed by atoms with Gasteiger partial charge in [-0.1, -0.05) is 43.3 Å². The van der Waals surface area contributed by atoms with Gasteiger partial charge in [0.15, 0.2) is 17.8 Å². The highest BCUT2D eigenvalue weighted by molar-refractivity contribution is 7.13. The normalized spacial score (nSPS) is 12.0. The second kappa shape index (κ2) is 6.58. The van der Waals surface area contributed by atoms with Gasteiger partial charge < -0.3 is 9.73 Å². The fourth-order valence-corrected chi connectivity index (χ4v) is 2.93. The maximum absolute atomic E-state index is 12.3. The highest BCUT2D eigenvalue weighted by Gasteiger charge is 2.19. The van der Waals surface area contributed by atoms with Gasteiger partial charge in [-0.15, -0.1) is 11.3 Å². The molecule has 0 fully saturated rings. The van der Waals surface area contributed by atoms with E-state index in [1.807, 2.05) is 35.7 Å². The number of aromatic nitrogens is 1. The predicted octanol–water partition coefficient (Wildman–Crippen LogP) is 3.94. The number of carbonyl (C=O) groups excluding carboxylic acids is 1. The quantitative estimate of drug-likeness (QED) is 0.776. The fourth-order valence-electron chi connectivity index (χ4n) is 2.22. The molecule has 0 radical (unpaired) electrons. The van der Waals surface area contributed by atoms with Gasteiger partial charge in [0.25, 0.3) is 5.91 Å². The van der Waals surface area contributed by atoms with Crippen LogP contribution in [0.3, 0.4) is 0 Å². The Morgan fingerprint density at radius 1 is 1.27 bits per heavy atom. The van der Waals surface area contributed by atoms with Crippen molar-refractivity contribution in [1.82, 2.24) is 10.3 Å². The zero-order chi connectivity index (χ0) is 15.4. The van der Waals surface area contributed by atoms with E-state index in [2.05, 4.69) is 29.4 Å². The van der Waals surface area contributed by atoms with Crippen molar-refractivity contribution in [2.45, 2.75) is 12.8 Å². The molecular formula is C17H16N2O2S. The number of nitrogens with zero attached hydrogens (tertiary/aromatic N) is 1. The SMILES string of the molecule is C[C@@H](CNC(=O)c1ncoc1-c1cccs1)c1ccccc1. The van der Waals surface area contributed by atoms with Gasteiger partial charge in [-0.2, -0.15) is 0 Å². The largest absolute Gasteiger partial charge is 0.442 e. The van der Waals surface area contributed by atoms with Gasteiger partial charge >= 0.3 is 0 Å². The van der Waals surface area contributed by atoms with E-state index in [9.17, 15) is 4.79 Å². The maximum Gasteiger partial charge on any atom is 0.273 e. The third-order valence-electron chi connectivity index (χ3n) is 3.46. The number of hydrogen-bond acceptors (Lipinski definition) is 4.